The van der Waals surface area contributed by atoms with Crippen LogP contribution in [-0.2, 0) is 0 Å². The van der Waals surface area contributed by atoms with E-state index in [0.29, 0.717) is 12.2 Å². The molecule has 0 bridgehead atoms. The molecule has 0 N–H and O–H groups in total. The van der Waals surface area contributed by atoms with Gasteiger partial charge in [-0.15, -0.1) is 11.3 Å². The fraction of sp³-hybridized carbons (Fsp3) is 0.238. The Balaban J connectivity index is 1.86. The van der Waals surface area contributed by atoms with E-state index in [1.54, 1.807) is 17.4 Å². The van der Waals surface area contributed by atoms with Gasteiger partial charge in [0.2, 0.25) is 0 Å². The van der Waals surface area contributed by atoms with Crippen molar-refractivity contribution in [2.75, 3.05) is 27.2 Å². The predicted molar refractivity (Wildman–Crippen MR) is 102 cm³/mol. The van der Waals surface area contributed by atoms with E-state index in [4.69, 9.17) is 4.74 Å². The molecule has 4 heteroatoms. The fourth-order valence-corrected chi connectivity index (χ4v) is 3.63. The molecule has 0 spiro atoms. The Morgan fingerprint density at radius 1 is 1.00 bits per heavy atom. The number of ether oxygens (including phenoxy) is 1. The summed E-state index contributed by atoms with van der Waals surface area (Å²) in [4.78, 5) is 3.21. The van der Waals surface area contributed by atoms with E-state index < -0.39 is 0 Å². The minimum atomic E-state index is -0.174. The van der Waals surface area contributed by atoms with Crippen LogP contribution in [0, 0.1) is 5.82 Å². The molecular weight excluding hydrogens is 333 g/mol. The highest BCUT2D eigenvalue weighted by atomic mass is 32.1. The smallest absolute Gasteiger partial charge is 0.127 e. The number of benzene rings is 2. The summed E-state index contributed by atoms with van der Waals surface area (Å²) >= 11 is 1.65. The minimum absolute atomic E-state index is 0.1000. The van der Waals surface area contributed by atoms with E-state index in [-0.39, 0.29) is 11.7 Å². The van der Waals surface area contributed by atoms with Crippen LogP contribution < -0.4 is 4.74 Å². The summed E-state index contributed by atoms with van der Waals surface area (Å²) in [7, 11) is 4.04. The summed E-state index contributed by atoms with van der Waals surface area (Å²) < 4.78 is 20.2. The number of thiophene rings is 1. The molecule has 2 aromatic carbocycles. The number of rotatable bonds is 7. The van der Waals surface area contributed by atoms with E-state index in [1.807, 2.05) is 61.9 Å². The zero-order valence-electron chi connectivity index (χ0n) is 14.5. The first-order valence-corrected chi connectivity index (χ1v) is 9.18. The molecule has 0 saturated heterocycles. The van der Waals surface area contributed by atoms with Crippen molar-refractivity contribution in [3.8, 4) is 5.75 Å². The quantitative estimate of drug-likeness (QED) is 0.591. The van der Waals surface area contributed by atoms with E-state index in [1.165, 1.54) is 6.07 Å². The predicted octanol–water partition coefficient (Wildman–Crippen LogP) is 5.01. The molecule has 1 heterocycles. The second-order valence-electron chi connectivity index (χ2n) is 6.19. The molecule has 0 amide bonds. The van der Waals surface area contributed by atoms with Gasteiger partial charge in [0, 0.05) is 22.9 Å². The van der Waals surface area contributed by atoms with Crippen molar-refractivity contribution < 1.29 is 9.13 Å². The first kappa shape index (κ1) is 17.6. The highest BCUT2D eigenvalue weighted by Gasteiger charge is 2.20. The Bertz CT molecular complexity index is 784. The molecule has 3 rings (SSSR count). The number of hydrogen-bond acceptors (Lipinski definition) is 3. The van der Waals surface area contributed by atoms with Gasteiger partial charge in [0.1, 0.15) is 18.2 Å². The molecule has 0 aliphatic carbocycles. The average molecular weight is 355 g/mol. The van der Waals surface area contributed by atoms with Gasteiger partial charge in [0.25, 0.3) is 0 Å². The van der Waals surface area contributed by atoms with Crippen LogP contribution in [0.3, 0.4) is 0 Å². The molecular formula is C21H22FNOS. The SMILES string of the molecule is CN(C)CCOc1ccc(C(c2cccs2)c2ccccc2F)cc1. The lowest BCUT2D eigenvalue weighted by Crippen LogP contribution is -2.19. The van der Waals surface area contributed by atoms with Crippen LogP contribution in [0.1, 0.15) is 21.9 Å². The van der Waals surface area contributed by atoms with Gasteiger partial charge in [0.05, 0.1) is 0 Å². The van der Waals surface area contributed by atoms with Crippen LogP contribution in [0.5, 0.6) is 5.75 Å². The molecule has 1 unspecified atom stereocenters. The molecule has 130 valence electrons. The van der Waals surface area contributed by atoms with Crippen LogP contribution in [-0.4, -0.2) is 32.1 Å². The Morgan fingerprint density at radius 3 is 2.40 bits per heavy atom. The Hall–Kier alpha value is -2.17. The van der Waals surface area contributed by atoms with Gasteiger partial charge in [0.15, 0.2) is 0 Å². The van der Waals surface area contributed by atoms with Crippen LogP contribution in [0.15, 0.2) is 66.0 Å². The van der Waals surface area contributed by atoms with Gasteiger partial charge >= 0.3 is 0 Å². The average Bonchev–Trinajstić information content (AvgIpc) is 3.12. The van der Waals surface area contributed by atoms with E-state index in [9.17, 15) is 4.39 Å². The van der Waals surface area contributed by atoms with E-state index >= 15 is 0 Å². The number of likely N-dealkylation sites (N-methyl/N-ethyl adjacent to an activating group) is 1. The van der Waals surface area contributed by atoms with Crippen molar-refractivity contribution >= 4 is 11.3 Å². The Labute approximate surface area is 152 Å². The minimum Gasteiger partial charge on any atom is -0.492 e. The van der Waals surface area contributed by atoms with E-state index in [2.05, 4.69) is 11.0 Å². The molecule has 1 atom stereocenters. The van der Waals surface area contributed by atoms with Crippen molar-refractivity contribution in [2.24, 2.45) is 0 Å². The first-order valence-electron chi connectivity index (χ1n) is 8.30. The lowest BCUT2D eigenvalue weighted by Gasteiger charge is -2.18. The topological polar surface area (TPSA) is 12.5 Å². The number of nitrogens with zero attached hydrogens (tertiary/aromatic N) is 1. The van der Waals surface area contributed by atoms with Gasteiger partial charge in [-0.05, 0) is 49.3 Å². The molecule has 25 heavy (non-hydrogen) atoms. The second-order valence-corrected chi connectivity index (χ2v) is 7.17. The molecule has 3 aromatic rings. The van der Waals surface area contributed by atoms with E-state index in [0.717, 1.165) is 22.7 Å². The van der Waals surface area contributed by atoms with Crippen molar-refractivity contribution in [3.05, 3.63) is 87.9 Å². The van der Waals surface area contributed by atoms with Crippen molar-refractivity contribution in [1.82, 2.24) is 4.90 Å². The van der Waals surface area contributed by atoms with Gasteiger partial charge in [-0.1, -0.05) is 36.4 Å². The summed E-state index contributed by atoms with van der Waals surface area (Å²) in [5, 5.41) is 2.03. The molecule has 2 nitrogen and oxygen atoms in total. The summed E-state index contributed by atoms with van der Waals surface area (Å²) in [6, 6.07) is 19.1. The second kappa shape index (κ2) is 8.28. The first-order chi connectivity index (χ1) is 12.1. The Kier molecular flexibility index (Phi) is 5.84. The van der Waals surface area contributed by atoms with Crippen molar-refractivity contribution in [1.29, 1.82) is 0 Å². The molecule has 1 aromatic heterocycles. The maximum atomic E-state index is 14.4. The zero-order valence-corrected chi connectivity index (χ0v) is 15.3. The normalized spacial score (nSPS) is 12.3. The molecule has 0 aliphatic heterocycles. The van der Waals surface area contributed by atoms with Crippen LogP contribution in [0.2, 0.25) is 0 Å². The van der Waals surface area contributed by atoms with Gasteiger partial charge < -0.3 is 9.64 Å². The van der Waals surface area contributed by atoms with Gasteiger partial charge in [-0.3, -0.25) is 0 Å². The molecule has 0 fully saturated rings. The fourth-order valence-electron chi connectivity index (χ4n) is 2.76. The summed E-state index contributed by atoms with van der Waals surface area (Å²) in [5.74, 6) is 0.563. The third-order valence-electron chi connectivity index (χ3n) is 4.06. The summed E-state index contributed by atoms with van der Waals surface area (Å²) in [6.45, 7) is 1.52. The zero-order chi connectivity index (χ0) is 17.6. The standard InChI is InChI=1S/C21H22FNOS/c1-23(2)13-14-24-17-11-9-16(10-12-17)21(20-8-5-15-25-20)18-6-3-4-7-19(18)22/h3-12,15,21H,13-14H2,1-2H3. The monoisotopic (exact) mass is 355 g/mol. The van der Waals surface area contributed by atoms with Crippen molar-refractivity contribution in [3.63, 3.8) is 0 Å². The van der Waals surface area contributed by atoms with Crippen LogP contribution in [0.25, 0.3) is 0 Å². The lowest BCUT2D eigenvalue weighted by molar-refractivity contribution is 0.261. The third-order valence-corrected chi connectivity index (χ3v) is 5.00. The largest absolute Gasteiger partial charge is 0.492 e. The lowest BCUT2D eigenvalue weighted by atomic mass is 9.89. The molecule has 0 radical (unpaired) electrons. The number of halogens is 1. The highest BCUT2D eigenvalue weighted by Crippen LogP contribution is 2.36. The van der Waals surface area contributed by atoms with Crippen LogP contribution >= 0.6 is 11.3 Å². The summed E-state index contributed by atoms with van der Waals surface area (Å²) in [6.07, 6.45) is 0. The third kappa shape index (κ3) is 4.47. The maximum absolute atomic E-state index is 14.4. The van der Waals surface area contributed by atoms with Gasteiger partial charge in [-0.2, -0.15) is 0 Å². The molecule has 0 saturated carbocycles. The van der Waals surface area contributed by atoms with Crippen LogP contribution in [0.4, 0.5) is 4.39 Å². The molecule has 0 aliphatic rings. The number of hydrogen-bond donors (Lipinski definition) is 0. The van der Waals surface area contributed by atoms with Crippen molar-refractivity contribution in [2.45, 2.75) is 5.92 Å². The highest BCUT2D eigenvalue weighted by molar-refractivity contribution is 7.10. The Morgan fingerprint density at radius 2 is 1.76 bits per heavy atom. The maximum Gasteiger partial charge on any atom is 0.127 e. The summed E-state index contributed by atoms with van der Waals surface area (Å²) in [5.41, 5.74) is 1.76. The van der Waals surface area contributed by atoms with Gasteiger partial charge in [-0.25, -0.2) is 4.39 Å².